The molecule has 0 fully saturated rings. The van der Waals surface area contributed by atoms with Crippen molar-refractivity contribution >= 4 is 146 Å². The van der Waals surface area contributed by atoms with Gasteiger partial charge in [0.25, 0.3) is 11.1 Å². The zero-order chi connectivity index (χ0) is 64.6. The van der Waals surface area contributed by atoms with Crippen LogP contribution in [0.4, 0.5) is 0 Å². The Labute approximate surface area is 536 Å². The molecule has 0 aliphatic heterocycles. The molecule has 13 aromatic rings. The molecule has 26 heteroatoms. The molecule has 4 N–H and O–H groups in total. The highest BCUT2D eigenvalue weighted by atomic mass is 36.0. The number of aryl methyl sites for hydroxylation is 3. The van der Waals surface area contributed by atoms with Crippen LogP contribution in [0.1, 0.15) is 43.0 Å². The lowest BCUT2D eigenvalue weighted by molar-refractivity contribution is 0.595. The number of fused-ring (bicyclic) bond motifs is 9. The molecule has 0 unspecified atom stereocenters. The van der Waals surface area contributed by atoms with Crippen molar-refractivity contribution in [3.05, 3.63) is 207 Å². The van der Waals surface area contributed by atoms with Crippen LogP contribution in [0, 0.1) is 20.8 Å². The number of pyridine rings is 6. The number of H-pyrrole nitrogens is 4. The maximum atomic E-state index is 13.5. The van der Waals surface area contributed by atoms with Gasteiger partial charge in [0, 0.05) is 86.2 Å². The van der Waals surface area contributed by atoms with Crippen LogP contribution < -0.4 is 11.1 Å². The van der Waals surface area contributed by atoms with Crippen LogP contribution in [-0.4, -0.2) is 87.0 Å². The van der Waals surface area contributed by atoms with Gasteiger partial charge in [0.05, 0.1) is 44.0 Å². The van der Waals surface area contributed by atoms with E-state index in [0.717, 1.165) is 93.6 Å². The molecule has 0 aliphatic rings. The lowest BCUT2D eigenvalue weighted by atomic mass is 10.0. The zero-order valence-electron chi connectivity index (χ0n) is 48.9. The average molecular weight is 1360 g/mol. The van der Waals surface area contributed by atoms with E-state index in [-0.39, 0.29) is 38.2 Å². The van der Waals surface area contributed by atoms with Crippen LogP contribution in [0.25, 0.3) is 99.2 Å². The van der Waals surface area contributed by atoms with Gasteiger partial charge in [0.2, 0.25) is 0 Å². The van der Waals surface area contributed by atoms with Gasteiger partial charge < -0.3 is 24.5 Å². The predicted octanol–water partition coefficient (Wildman–Crippen LogP) is 15.2. The summed E-state index contributed by atoms with van der Waals surface area (Å²) in [5.41, 5.74) is 11.7. The van der Waals surface area contributed by atoms with Crippen molar-refractivity contribution in [3.63, 3.8) is 0 Å². The fourth-order valence-electron chi connectivity index (χ4n) is 10.4. The molecule has 0 bridgehead atoms. The lowest BCUT2D eigenvalue weighted by Crippen LogP contribution is -2.21. The first-order valence-corrected chi connectivity index (χ1v) is 37.6. The van der Waals surface area contributed by atoms with Crippen molar-refractivity contribution in [2.45, 2.75) is 62.8 Å². The molecule has 0 spiro atoms. The van der Waals surface area contributed by atoms with E-state index in [4.69, 9.17) is 11.6 Å². The summed E-state index contributed by atoms with van der Waals surface area (Å²) in [4.78, 5) is 56.3. The monoisotopic (exact) mass is 1360 g/mol. The Morgan fingerprint density at radius 3 is 1.34 bits per heavy atom. The summed E-state index contributed by atoms with van der Waals surface area (Å²) in [6, 6.07) is 36.4. The van der Waals surface area contributed by atoms with Gasteiger partial charge in [-0.2, -0.15) is 0 Å². The van der Waals surface area contributed by atoms with Gasteiger partial charge in [-0.1, -0.05) is 99.1 Å². The van der Waals surface area contributed by atoms with Crippen molar-refractivity contribution in [2.75, 3.05) is 17.3 Å². The van der Waals surface area contributed by atoms with Crippen LogP contribution in [0.2, 0.25) is 5.15 Å². The normalized spacial score (nSPS) is 12.0. The minimum atomic E-state index is -3.37. The number of benzene rings is 4. The summed E-state index contributed by atoms with van der Waals surface area (Å²) in [5.74, 6) is 0.115. The summed E-state index contributed by atoms with van der Waals surface area (Å²) < 4.78 is 85.2. The van der Waals surface area contributed by atoms with E-state index in [1.807, 2.05) is 93.7 Å². The molecule has 90 heavy (non-hydrogen) atoms. The van der Waals surface area contributed by atoms with Gasteiger partial charge in [-0.25, -0.2) is 45.2 Å². The molecule has 9 heterocycles. The molecule has 9 aromatic heterocycles. The minimum Gasteiger partial charge on any atom is -0.337 e. The molecular weight excluding hydrogens is 1310 g/mol. The molecule has 0 radical (unpaired) electrons. The summed E-state index contributed by atoms with van der Waals surface area (Å²) in [6.45, 7) is 11.2. The first-order valence-electron chi connectivity index (χ1n) is 27.8. The van der Waals surface area contributed by atoms with E-state index in [9.17, 15) is 39.4 Å². The third kappa shape index (κ3) is 13.8. The second-order valence-corrected chi connectivity index (χ2v) is 34.8. The molecule has 4 aromatic carbocycles. The highest BCUT2D eigenvalue weighted by Gasteiger charge is 2.22. The lowest BCUT2D eigenvalue weighted by Gasteiger charge is -2.12. The molecule has 0 aliphatic carbocycles. The van der Waals surface area contributed by atoms with Crippen molar-refractivity contribution in [2.24, 2.45) is 0 Å². The van der Waals surface area contributed by atoms with E-state index in [1.165, 1.54) is 0 Å². The maximum absolute atomic E-state index is 13.5. The number of halogens is 4. The predicted molar refractivity (Wildman–Crippen MR) is 363 cm³/mol. The maximum Gasteiger partial charge on any atom is 0.339 e. The molecule has 0 saturated carbocycles. The van der Waals surface area contributed by atoms with Crippen LogP contribution in [0.15, 0.2) is 183 Å². The number of nitrogens with one attached hydrogen (secondary N) is 4. The summed E-state index contributed by atoms with van der Waals surface area (Å²) >= 11 is 20.1. The van der Waals surface area contributed by atoms with E-state index in [0.29, 0.717) is 44.4 Å². The molecule has 18 nitrogen and oxygen atoms in total. The Balaban J connectivity index is 0.000000144. The van der Waals surface area contributed by atoms with Crippen molar-refractivity contribution < 1.29 is 29.8 Å². The quantitative estimate of drug-likeness (QED) is 0.0694. The molecular formula is C64H56Cl4N9O9PS3. The molecule has 462 valence electrons. The van der Waals surface area contributed by atoms with E-state index in [1.54, 1.807) is 111 Å². The topological polar surface area (TPSA) is 273 Å². The third-order valence-electron chi connectivity index (χ3n) is 14.9. The van der Waals surface area contributed by atoms with Crippen molar-refractivity contribution in [1.29, 1.82) is 0 Å². The smallest absolute Gasteiger partial charge is 0.337 e. The molecule has 13 rings (SSSR count). The van der Waals surface area contributed by atoms with Crippen molar-refractivity contribution in [3.8, 4) is 33.4 Å². The highest BCUT2D eigenvalue weighted by molar-refractivity contribution is 8.24. The van der Waals surface area contributed by atoms with Gasteiger partial charge in [0.15, 0.2) is 34.7 Å². The second kappa shape index (κ2) is 26.1. The number of hydrogen-bond acceptors (Lipinski definition) is 13. The molecule has 0 atom stereocenters. The standard InChI is InChI=1S/C26H23N3O3S.C19H16ClN3O2S.C19H17N3O3S.Cl3OP/c1-3-33(31,32)20-11-7-10-19(13-20)22-16-29(15-18-8-5-4-6-9-18)26(30)24-23(22)21-12-17(2)14-27-25(21)28-24;1-3-26(24,25)13-6-4-5-12(8-13)15-10-21-18(20)17-16(15)14-7-11(2)9-22-19(14)23-17;1-3-26(24,25)13-6-4-5-12(8-13)15-10-21-19(23)17-16(15)14-7-11(2)9-20-18(14)22-17;1-5(2,3)4/h4-14,16H,3,15H2,1-2H3,(H,27,28);4-10H,3H2,1-2H3,(H,22,23);4-10H,3H2,1-2H3,(H,20,22)(H,21,23);. The highest BCUT2D eigenvalue weighted by Crippen LogP contribution is 2.61. The van der Waals surface area contributed by atoms with E-state index < -0.39 is 34.7 Å². The average Bonchev–Trinajstić information content (AvgIpc) is 1.64. The van der Waals surface area contributed by atoms with E-state index in [2.05, 4.69) is 73.6 Å². The SMILES string of the molecule is CCS(=O)(=O)c1cccc(-c2c[nH]c(=O)c3[nH]c4ncc(C)cc4c23)c1.CCS(=O)(=O)c1cccc(-c2cn(Cc3ccccc3)c(=O)c3[nH]c4ncc(C)cc4c23)c1.CCS(=O)(=O)c1cccc(-c2cnc(Cl)c3[nH]c4ncc(C)cc4c23)c1.O=P(Cl)(Cl)Cl. The fraction of sp³-hybridized carbons (Fsp3) is 0.156. The molecule has 0 amide bonds. The third-order valence-corrected chi connectivity index (χ3v) is 20.3. The molecule has 0 saturated heterocycles. The summed E-state index contributed by atoms with van der Waals surface area (Å²) in [5, 5.41) is 2.13. The number of hydrogen-bond donors (Lipinski definition) is 4. The summed E-state index contributed by atoms with van der Waals surface area (Å²) in [7, 11) is -9.98. The van der Waals surface area contributed by atoms with Crippen LogP contribution in [0.5, 0.6) is 0 Å². The first-order chi connectivity index (χ1) is 42.7. The van der Waals surface area contributed by atoms with Gasteiger partial charge in [-0.15, -0.1) is 0 Å². The Morgan fingerprint density at radius 1 is 0.489 bits per heavy atom. The second-order valence-electron chi connectivity index (χ2n) is 21.0. The zero-order valence-corrected chi connectivity index (χ0v) is 55.3. The minimum absolute atomic E-state index is 0.0234. The Morgan fingerprint density at radius 2 is 0.889 bits per heavy atom. The number of sulfone groups is 3. The number of rotatable bonds is 11. The van der Waals surface area contributed by atoms with Gasteiger partial charge >= 0.3 is 5.20 Å². The Hall–Kier alpha value is -7.98. The number of aromatic amines is 4. The Kier molecular flexibility index (Phi) is 18.8. The largest absolute Gasteiger partial charge is 0.339 e. The van der Waals surface area contributed by atoms with Gasteiger partial charge in [-0.3, -0.25) is 14.2 Å². The fourth-order valence-corrected chi connectivity index (χ4v) is 13.4. The van der Waals surface area contributed by atoms with Crippen LogP contribution in [-0.2, 0) is 40.6 Å². The van der Waals surface area contributed by atoms with E-state index >= 15 is 0 Å². The van der Waals surface area contributed by atoms with Gasteiger partial charge in [-0.05, 0) is 148 Å². The number of aromatic nitrogens is 9. The Bertz CT molecular complexity index is 5490. The van der Waals surface area contributed by atoms with Crippen LogP contribution >= 0.6 is 50.5 Å². The number of nitrogens with zero attached hydrogens (tertiary/aromatic N) is 5. The first kappa shape index (κ1) is 65.0. The summed E-state index contributed by atoms with van der Waals surface area (Å²) in [6.07, 6.45) is 10.4. The van der Waals surface area contributed by atoms with Gasteiger partial charge in [0.1, 0.15) is 28.0 Å². The van der Waals surface area contributed by atoms with Crippen molar-refractivity contribution in [1.82, 2.24) is 44.4 Å². The van der Waals surface area contributed by atoms with Crippen LogP contribution in [0.3, 0.4) is 0 Å².